The average Bonchev–Trinajstić information content (AvgIpc) is 3.04. The zero-order valence-corrected chi connectivity index (χ0v) is 13.9. The van der Waals surface area contributed by atoms with E-state index in [-0.39, 0.29) is 5.91 Å². The molecule has 3 rings (SSSR count). The van der Waals surface area contributed by atoms with Crippen LogP contribution in [0.5, 0.6) is 0 Å². The first-order valence-electron chi connectivity index (χ1n) is 7.28. The Morgan fingerprint density at radius 3 is 2.64 bits per heavy atom. The molecular weight excluding hydrogens is 344 g/mol. The minimum atomic E-state index is -0.0311. The summed E-state index contributed by atoms with van der Waals surface area (Å²) in [6, 6.07) is 5.97. The van der Waals surface area contributed by atoms with E-state index in [1.165, 1.54) is 6.20 Å². The minimum Gasteiger partial charge on any atom is -0.339 e. The number of hydrogen-bond acceptors (Lipinski definition) is 4. The molecule has 0 radical (unpaired) electrons. The summed E-state index contributed by atoms with van der Waals surface area (Å²) in [4.78, 5) is 22.6. The van der Waals surface area contributed by atoms with Crippen LogP contribution in [0.25, 0.3) is 0 Å². The molecule has 22 heavy (non-hydrogen) atoms. The van der Waals surface area contributed by atoms with Gasteiger partial charge in [-0.15, -0.1) is 0 Å². The standard InChI is InChI=1S/C16H17BrN4O/c1-11-8-12(17)4-5-13(11)20-15-10-18-14(9-19-15)16(22)21-6-2-3-7-21/h4-5,8-10H,2-3,6-7H2,1H3,(H,19,20). The van der Waals surface area contributed by atoms with E-state index in [0.717, 1.165) is 41.7 Å². The third kappa shape index (κ3) is 3.27. The van der Waals surface area contributed by atoms with Crippen molar-refractivity contribution in [3.05, 3.63) is 46.3 Å². The Morgan fingerprint density at radius 2 is 2.00 bits per heavy atom. The highest BCUT2D eigenvalue weighted by molar-refractivity contribution is 9.10. The second-order valence-electron chi connectivity index (χ2n) is 5.37. The van der Waals surface area contributed by atoms with E-state index in [1.54, 1.807) is 6.20 Å². The molecule has 2 heterocycles. The van der Waals surface area contributed by atoms with Crippen LogP contribution in [0.4, 0.5) is 11.5 Å². The third-order valence-electron chi connectivity index (χ3n) is 3.72. The van der Waals surface area contributed by atoms with Gasteiger partial charge in [0.2, 0.25) is 0 Å². The van der Waals surface area contributed by atoms with Gasteiger partial charge in [0.25, 0.3) is 5.91 Å². The van der Waals surface area contributed by atoms with Gasteiger partial charge in [-0.3, -0.25) is 4.79 Å². The summed E-state index contributed by atoms with van der Waals surface area (Å²) in [6.07, 6.45) is 5.28. The fourth-order valence-corrected chi connectivity index (χ4v) is 2.97. The maximum Gasteiger partial charge on any atom is 0.274 e. The maximum atomic E-state index is 12.2. The van der Waals surface area contributed by atoms with E-state index < -0.39 is 0 Å². The number of nitrogens with one attached hydrogen (secondary N) is 1. The van der Waals surface area contributed by atoms with Crippen molar-refractivity contribution in [3.63, 3.8) is 0 Å². The van der Waals surface area contributed by atoms with Crippen LogP contribution in [-0.2, 0) is 0 Å². The monoisotopic (exact) mass is 360 g/mol. The fraction of sp³-hybridized carbons (Fsp3) is 0.312. The molecule has 0 unspecified atom stereocenters. The molecule has 6 heteroatoms. The Labute approximate surface area is 137 Å². The van der Waals surface area contributed by atoms with Crippen molar-refractivity contribution >= 4 is 33.3 Å². The number of amides is 1. The predicted molar refractivity (Wildman–Crippen MR) is 89.3 cm³/mol. The van der Waals surface area contributed by atoms with Gasteiger partial charge in [-0.25, -0.2) is 9.97 Å². The van der Waals surface area contributed by atoms with Gasteiger partial charge in [0.1, 0.15) is 11.5 Å². The highest BCUT2D eigenvalue weighted by Crippen LogP contribution is 2.22. The molecule has 1 aromatic heterocycles. The Kier molecular flexibility index (Phi) is 4.38. The lowest BCUT2D eigenvalue weighted by Gasteiger charge is -2.14. The molecule has 0 aliphatic carbocycles. The van der Waals surface area contributed by atoms with Gasteiger partial charge in [0.05, 0.1) is 12.4 Å². The maximum absolute atomic E-state index is 12.2. The van der Waals surface area contributed by atoms with E-state index in [0.29, 0.717) is 11.5 Å². The summed E-state index contributed by atoms with van der Waals surface area (Å²) in [7, 11) is 0. The predicted octanol–water partition coefficient (Wildman–Crippen LogP) is 3.53. The number of likely N-dealkylation sites (tertiary alicyclic amines) is 1. The van der Waals surface area contributed by atoms with Crippen LogP contribution < -0.4 is 5.32 Å². The largest absolute Gasteiger partial charge is 0.339 e. The molecule has 1 aromatic carbocycles. The van der Waals surface area contributed by atoms with Gasteiger partial charge >= 0.3 is 0 Å². The number of nitrogens with zero attached hydrogens (tertiary/aromatic N) is 3. The van der Waals surface area contributed by atoms with Gasteiger partial charge < -0.3 is 10.2 Å². The number of aryl methyl sites for hydroxylation is 1. The van der Waals surface area contributed by atoms with E-state index in [2.05, 4.69) is 31.2 Å². The van der Waals surface area contributed by atoms with Crippen molar-refractivity contribution in [3.8, 4) is 0 Å². The minimum absolute atomic E-state index is 0.0311. The molecule has 1 saturated heterocycles. The van der Waals surface area contributed by atoms with Crippen LogP contribution in [0.2, 0.25) is 0 Å². The van der Waals surface area contributed by atoms with Gasteiger partial charge in [-0.05, 0) is 43.5 Å². The SMILES string of the molecule is Cc1cc(Br)ccc1Nc1cnc(C(=O)N2CCCC2)cn1. The number of rotatable bonds is 3. The number of hydrogen-bond donors (Lipinski definition) is 1. The van der Waals surface area contributed by atoms with E-state index in [4.69, 9.17) is 0 Å². The summed E-state index contributed by atoms with van der Waals surface area (Å²) in [5, 5.41) is 3.22. The van der Waals surface area contributed by atoms with Crippen LogP contribution in [0.3, 0.4) is 0 Å². The van der Waals surface area contributed by atoms with Gasteiger partial charge in [0.15, 0.2) is 0 Å². The summed E-state index contributed by atoms with van der Waals surface area (Å²) in [5.41, 5.74) is 2.48. The van der Waals surface area contributed by atoms with Gasteiger partial charge in [-0.2, -0.15) is 0 Å². The van der Waals surface area contributed by atoms with E-state index in [1.807, 2.05) is 30.0 Å². The smallest absolute Gasteiger partial charge is 0.274 e. The first-order valence-corrected chi connectivity index (χ1v) is 8.07. The fourth-order valence-electron chi connectivity index (χ4n) is 2.49. The van der Waals surface area contributed by atoms with Crippen molar-refractivity contribution in [1.82, 2.24) is 14.9 Å². The van der Waals surface area contributed by atoms with Crippen LogP contribution in [-0.4, -0.2) is 33.9 Å². The molecule has 114 valence electrons. The summed E-state index contributed by atoms with van der Waals surface area (Å²) in [5.74, 6) is 0.597. The summed E-state index contributed by atoms with van der Waals surface area (Å²) < 4.78 is 1.04. The van der Waals surface area contributed by atoms with Crippen molar-refractivity contribution in [2.45, 2.75) is 19.8 Å². The second-order valence-corrected chi connectivity index (χ2v) is 6.29. The lowest BCUT2D eigenvalue weighted by Crippen LogP contribution is -2.28. The van der Waals surface area contributed by atoms with Crippen molar-refractivity contribution in [2.75, 3.05) is 18.4 Å². The van der Waals surface area contributed by atoms with Crippen LogP contribution >= 0.6 is 15.9 Å². The molecule has 1 fully saturated rings. The highest BCUT2D eigenvalue weighted by Gasteiger charge is 2.20. The molecule has 2 aromatic rings. The molecule has 1 N–H and O–H groups in total. The Balaban J connectivity index is 1.72. The molecular formula is C16H17BrN4O. The number of anilines is 2. The zero-order chi connectivity index (χ0) is 15.5. The first-order chi connectivity index (χ1) is 10.6. The second kappa shape index (κ2) is 6.44. The van der Waals surface area contributed by atoms with Gasteiger partial charge in [-0.1, -0.05) is 15.9 Å². The average molecular weight is 361 g/mol. The van der Waals surface area contributed by atoms with Gasteiger partial charge in [0, 0.05) is 23.2 Å². The molecule has 5 nitrogen and oxygen atoms in total. The molecule has 0 spiro atoms. The van der Waals surface area contributed by atoms with Crippen molar-refractivity contribution in [1.29, 1.82) is 0 Å². The Hall–Kier alpha value is -1.95. The third-order valence-corrected chi connectivity index (χ3v) is 4.21. The number of carbonyl (C=O) groups is 1. The van der Waals surface area contributed by atoms with E-state index in [9.17, 15) is 4.79 Å². The number of aromatic nitrogens is 2. The number of carbonyl (C=O) groups excluding carboxylic acids is 1. The quantitative estimate of drug-likeness (QED) is 0.909. The van der Waals surface area contributed by atoms with E-state index >= 15 is 0 Å². The lowest BCUT2D eigenvalue weighted by molar-refractivity contribution is 0.0786. The topological polar surface area (TPSA) is 58.1 Å². The number of benzene rings is 1. The molecule has 0 bridgehead atoms. The molecule has 1 aliphatic rings. The van der Waals surface area contributed by atoms with Crippen LogP contribution in [0.1, 0.15) is 28.9 Å². The van der Waals surface area contributed by atoms with Crippen molar-refractivity contribution < 1.29 is 4.79 Å². The van der Waals surface area contributed by atoms with Crippen LogP contribution in [0.15, 0.2) is 35.1 Å². The molecule has 1 amide bonds. The normalized spacial score (nSPS) is 14.2. The zero-order valence-electron chi connectivity index (χ0n) is 12.3. The van der Waals surface area contributed by atoms with Crippen LogP contribution in [0, 0.1) is 6.92 Å². The Morgan fingerprint density at radius 1 is 1.23 bits per heavy atom. The highest BCUT2D eigenvalue weighted by atomic mass is 79.9. The summed E-state index contributed by atoms with van der Waals surface area (Å²) in [6.45, 7) is 3.66. The first kappa shape index (κ1) is 15.0. The Bertz CT molecular complexity index is 681. The number of halogens is 1. The summed E-state index contributed by atoms with van der Waals surface area (Å²) >= 11 is 3.44. The lowest BCUT2D eigenvalue weighted by atomic mass is 10.2. The molecule has 0 atom stereocenters. The molecule has 0 saturated carbocycles. The molecule has 1 aliphatic heterocycles. The van der Waals surface area contributed by atoms with Crippen molar-refractivity contribution in [2.24, 2.45) is 0 Å².